The molecule has 1 aliphatic heterocycles. The first-order valence-electron chi connectivity index (χ1n) is 8.64. The van der Waals surface area contributed by atoms with Gasteiger partial charge in [0.2, 0.25) is 11.8 Å². The minimum atomic E-state index is -0.533. The standard InChI is InChI=1S/C18H28N4O3/c1-22(2)10-7-16(23)20-14-3-5-15(6-4-14)21-18(24)17(19)13-8-11-25-12-9-13/h3-6,13,17H,7-12,19H2,1-2H3,(H,20,23)(H,21,24). The van der Waals surface area contributed by atoms with Gasteiger partial charge in [0, 0.05) is 37.6 Å². The normalized spacial score (nSPS) is 16.5. The van der Waals surface area contributed by atoms with Gasteiger partial charge in [-0.2, -0.15) is 0 Å². The topological polar surface area (TPSA) is 96.7 Å². The van der Waals surface area contributed by atoms with Crippen molar-refractivity contribution in [3.05, 3.63) is 24.3 Å². The number of carbonyl (C=O) groups is 2. The maximum atomic E-state index is 12.3. The Balaban J connectivity index is 1.82. The number of carbonyl (C=O) groups excluding carboxylic acids is 2. The summed E-state index contributed by atoms with van der Waals surface area (Å²) in [7, 11) is 3.85. The van der Waals surface area contributed by atoms with E-state index in [2.05, 4.69) is 10.6 Å². The van der Waals surface area contributed by atoms with Crippen LogP contribution in [0.5, 0.6) is 0 Å². The minimum absolute atomic E-state index is 0.0352. The predicted octanol–water partition coefficient (Wildman–Crippen LogP) is 1.27. The van der Waals surface area contributed by atoms with Crippen molar-refractivity contribution < 1.29 is 14.3 Å². The Kier molecular flexibility index (Phi) is 7.36. The molecule has 0 aliphatic carbocycles. The Morgan fingerprint density at radius 3 is 2.28 bits per heavy atom. The van der Waals surface area contributed by atoms with Crippen LogP contribution in [0.4, 0.5) is 11.4 Å². The van der Waals surface area contributed by atoms with Crippen LogP contribution in [0.15, 0.2) is 24.3 Å². The summed E-state index contributed by atoms with van der Waals surface area (Å²) in [6.45, 7) is 2.02. The van der Waals surface area contributed by atoms with Crippen LogP contribution in [0.2, 0.25) is 0 Å². The van der Waals surface area contributed by atoms with Crippen LogP contribution in [-0.4, -0.2) is 56.6 Å². The molecule has 4 N–H and O–H groups in total. The molecule has 1 unspecified atom stereocenters. The van der Waals surface area contributed by atoms with Gasteiger partial charge in [-0.1, -0.05) is 0 Å². The Hall–Kier alpha value is -1.96. The van der Waals surface area contributed by atoms with Gasteiger partial charge in [0.25, 0.3) is 0 Å². The molecule has 1 aliphatic rings. The lowest BCUT2D eigenvalue weighted by Gasteiger charge is -2.26. The van der Waals surface area contributed by atoms with Crippen LogP contribution < -0.4 is 16.4 Å². The number of nitrogens with two attached hydrogens (primary N) is 1. The fourth-order valence-electron chi connectivity index (χ4n) is 2.70. The zero-order valence-electron chi connectivity index (χ0n) is 15.0. The van der Waals surface area contributed by atoms with Crippen molar-refractivity contribution in [2.45, 2.75) is 25.3 Å². The van der Waals surface area contributed by atoms with E-state index in [-0.39, 0.29) is 17.7 Å². The second kappa shape index (κ2) is 9.50. The van der Waals surface area contributed by atoms with Gasteiger partial charge in [0.05, 0.1) is 6.04 Å². The molecule has 2 amide bonds. The summed E-state index contributed by atoms with van der Waals surface area (Å²) in [5.74, 6) is -0.0642. The van der Waals surface area contributed by atoms with E-state index in [1.807, 2.05) is 19.0 Å². The maximum Gasteiger partial charge on any atom is 0.241 e. The third-order valence-corrected chi connectivity index (χ3v) is 4.30. The van der Waals surface area contributed by atoms with Crippen molar-refractivity contribution >= 4 is 23.2 Å². The van der Waals surface area contributed by atoms with E-state index >= 15 is 0 Å². The molecule has 138 valence electrons. The number of nitrogens with one attached hydrogen (secondary N) is 2. The second-order valence-corrected chi connectivity index (χ2v) is 6.64. The summed E-state index contributed by atoms with van der Waals surface area (Å²) in [6, 6.07) is 6.52. The third-order valence-electron chi connectivity index (χ3n) is 4.30. The molecule has 1 fully saturated rings. The van der Waals surface area contributed by atoms with Gasteiger partial charge in [-0.15, -0.1) is 0 Å². The average molecular weight is 348 g/mol. The number of hydrogen-bond donors (Lipinski definition) is 3. The van der Waals surface area contributed by atoms with Crippen molar-refractivity contribution in [3.8, 4) is 0 Å². The quantitative estimate of drug-likeness (QED) is 0.689. The zero-order valence-corrected chi connectivity index (χ0v) is 15.0. The highest BCUT2D eigenvalue weighted by atomic mass is 16.5. The lowest BCUT2D eigenvalue weighted by Crippen LogP contribution is -2.43. The molecular weight excluding hydrogens is 320 g/mol. The van der Waals surface area contributed by atoms with Gasteiger partial charge in [0.15, 0.2) is 0 Å². The molecule has 7 nitrogen and oxygen atoms in total. The van der Waals surface area contributed by atoms with Crippen LogP contribution >= 0.6 is 0 Å². The first-order valence-corrected chi connectivity index (χ1v) is 8.64. The Morgan fingerprint density at radius 2 is 1.72 bits per heavy atom. The Labute approximate surface area is 148 Å². The molecule has 0 bridgehead atoms. The Bertz CT molecular complexity index is 568. The van der Waals surface area contributed by atoms with Crippen molar-refractivity contribution in [2.75, 3.05) is 44.5 Å². The van der Waals surface area contributed by atoms with Crippen LogP contribution in [0.1, 0.15) is 19.3 Å². The summed E-state index contributed by atoms with van der Waals surface area (Å²) < 4.78 is 5.30. The van der Waals surface area contributed by atoms with E-state index < -0.39 is 6.04 Å². The summed E-state index contributed by atoms with van der Waals surface area (Å²) in [4.78, 5) is 26.0. The molecule has 0 aromatic heterocycles. The van der Waals surface area contributed by atoms with Crippen LogP contribution in [0.3, 0.4) is 0 Å². The molecule has 1 heterocycles. The highest BCUT2D eigenvalue weighted by Crippen LogP contribution is 2.19. The van der Waals surface area contributed by atoms with Gasteiger partial charge in [-0.05, 0) is 57.1 Å². The zero-order chi connectivity index (χ0) is 18.2. The first-order chi connectivity index (χ1) is 12.0. The van der Waals surface area contributed by atoms with E-state index in [4.69, 9.17) is 10.5 Å². The van der Waals surface area contributed by atoms with Gasteiger partial charge in [-0.25, -0.2) is 0 Å². The SMILES string of the molecule is CN(C)CCC(=O)Nc1ccc(NC(=O)C(N)C2CCOCC2)cc1. The predicted molar refractivity (Wildman–Crippen MR) is 98.4 cm³/mol. The minimum Gasteiger partial charge on any atom is -0.381 e. The lowest BCUT2D eigenvalue weighted by atomic mass is 9.92. The molecule has 0 saturated carbocycles. The van der Waals surface area contributed by atoms with E-state index in [0.29, 0.717) is 37.6 Å². The monoisotopic (exact) mass is 348 g/mol. The summed E-state index contributed by atoms with van der Waals surface area (Å²) in [5.41, 5.74) is 7.43. The average Bonchev–Trinajstić information content (AvgIpc) is 2.61. The number of ether oxygens (including phenoxy) is 1. The van der Waals surface area contributed by atoms with E-state index in [0.717, 1.165) is 12.8 Å². The molecule has 0 radical (unpaired) electrons. The smallest absolute Gasteiger partial charge is 0.241 e. The van der Waals surface area contributed by atoms with Gasteiger partial charge in [0.1, 0.15) is 0 Å². The largest absolute Gasteiger partial charge is 0.381 e. The number of hydrogen-bond acceptors (Lipinski definition) is 5. The molecular formula is C18H28N4O3. The molecule has 0 spiro atoms. The van der Waals surface area contributed by atoms with Gasteiger partial charge >= 0.3 is 0 Å². The number of nitrogens with zero attached hydrogens (tertiary/aromatic N) is 1. The molecule has 1 atom stereocenters. The van der Waals surface area contributed by atoms with Crippen molar-refractivity contribution in [3.63, 3.8) is 0 Å². The van der Waals surface area contributed by atoms with Gasteiger partial charge in [-0.3, -0.25) is 9.59 Å². The maximum absolute atomic E-state index is 12.3. The molecule has 7 heteroatoms. The number of rotatable bonds is 7. The third kappa shape index (κ3) is 6.45. The fourth-order valence-corrected chi connectivity index (χ4v) is 2.70. The Morgan fingerprint density at radius 1 is 1.16 bits per heavy atom. The van der Waals surface area contributed by atoms with E-state index in [1.165, 1.54) is 0 Å². The van der Waals surface area contributed by atoms with E-state index in [1.54, 1.807) is 24.3 Å². The second-order valence-electron chi connectivity index (χ2n) is 6.64. The summed E-state index contributed by atoms with van der Waals surface area (Å²) >= 11 is 0. The summed E-state index contributed by atoms with van der Waals surface area (Å²) in [6.07, 6.45) is 2.06. The number of benzene rings is 1. The van der Waals surface area contributed by atoms with Crippen LogP contribution in [-0.2, 0) is 14.3 Å². The lowest BCUT2D eigenvalue weighted by molar-refractivity contribution is -0.119. The highest BCUT2D eigenvalue weighted by Gasteiger charge is 2.26. The number of anilines is 2. The van der Waals surface area contributed by atoms with Crippen molar-refractivity contribution in [1.82, 2.24) is 4.90 Å². The molecule has 1 aromatic rings. The summed E-state index contributed by atoms with van der Waals surface area (Å²) in [5, 5.41) is 5.67. The van der Waals surface area contributed by atoms with Crippen molar-refractivity contribution in [1.29, 1.82) is 0 Å². The number of amides is 2. The molecule has 25 heavy (non-hydrogen) atoms. The van der Waals surface area contributed by atoms with Crippen molar-refractivity contribution in [2.24, 2.45) is 11.7 Å². The van der Waals surface area contributed by atoms with Crippen LogP contribution in [0.25, 0.3) is 0 Å². The molecule has 2 rings (SSSR count). The van der Waals surface area contributed by atoms with Gasteiger partial charge < -0.3 is 26.0 Å². The molecule has 1 saturated heterocycles. The van der Waals surface area contributed by atoms with E-state index in [9.17, 15) is 9.59 Å². The van der Waals surface area contributed by atoms with Crippen LogP contribution in [0, 0.1) is 5.92 Å². The first kappa shape index (κ1) is 19.4. The molecule has 1 aromatic carbocycles. The fraction of sp³-hybridized carbons (Fsp3) is 0.556. The highest BCUT2D eigenvalue weighted by molar-refractivity contribution is 5.95.